The third kappa shape index (κ3) is 3.40. The zero-order valence-electron chi connectivity index (χ0n) is 14.1. The summed E-state index contributed by atoms with van der Waals surface area (Å²) < 4.78 is 40.3. The van der Waals surface area contributed by atoms with Crippen LogP contribution in [0, 0.1) is 19.7 Å². The van der Waals surface area contributed by atoms with Crippen molar-refractivity contribution in [2.75, 3.05) is 16.2 Å². The summed E-state index contributed by atoms with van der Waals surface area (Å²) in [6, 6.07) is 4.18. The van der Waals surface area contributed by atoms with Crippen LogP contribution in [0.5, 0.6) is 5.75 Å². The minimum Gasteiger partial charge on any atom is -0.506 e. The van der Waals surface area contributed by atoms with Gasteiger partial charge < -0.3 is 10.4 Å². The largest absolute Gasteiger partial charge is 0.506 e. The third-order valence-corrected chi connectivity index (χ3v) is 5.40. The van der Waals surface area contributed by atoms with Gasteiger partial charge in [-0.3, -0.25) is 4.79 Å². The van der Waals surface area contributed by atoms with E-state index in [-0.39, 0.29) is 6.54 Å². The van der Waals surface area contributed by atoms with Gasteiger partial charge in [-0.2, -0.15) is 8.42 Å². The average Bonchev–Trinajstić information content (AvgIpc) is 2.80. The minimum atomic E-state index is -4.20. The first-order valence-electron chi connectivity index (χ1n) is 7.69. The highest BCUT2D eigenvalue weighted by molar-refractivity contribution is 7.92. The predicted octanol–water partition coefficient (Wildman–Crippen LogP) is 1.34. The molecule has 138 valence electrons. The summed E-state index contributed by atoms with van der Waals surface area (Å²) in [5, 5.41) is 13.1. The summed E-state index contributed by atoms with van der Waals surface area (Å²) in [5.41, 5.74) is 1.91. The number of nitrogens with zero attached hydrogens (tertiary/aromatic N) is 2. The molecule has 1 fully saturated rings. The van der Waals surface area contributed by atoms with Gasteiger partial charge in [-0.1, -0.05) is 0 Å². The SMILES string of the molecule is Cc1cnc(NCc2cc(O)c(N3CC(=O)NS3(=O)=O)c(F)c2)cc1C. The van der Waals surface area contributed by atoms with Gasteiger partial charge in [-0.25, -0.2) is 18.4 Å². The topological polar surface area (TPSA) is 112 Å². The van der Waals surface area contributed by atoms with Gasteiger partial charge in [0.2, 0.25) is 0 Å². The van der Waals surface area contributed by atoms with Crippen molar-refractivity contribution in [2.45, 2.75) is 20.4 Å². The Morgan fingerprint density at radius 3 is 2.62 bits per heavy atom. The highest BCUT2D eigenvalue weighted by Gasteiger charge is 2.37. The summed E-state index contributed by atoms with van der Waals surface area (Å²) in [5.74, 6) is -1.73. The number of aromatic hydroxyl groups is 1. The Labute approximate surface area is 149 Å². The number of hydrogen-bond acceptors (Lipinski definition) is 6. The number of phenols is 1. The van der Waals surface area contributed by atoms with Crippen molar-refractivity contribution in [3.05, 3.63) is 46.9 Å². The van der Waals surface area contributed by atoms with E-state index in [1.165, 1.54) is 6.07 Å². The van der Waals surface area contributed by atoms with Crippen molar-refractivity contribution in [1.82, 2.24) is 9.71 Å². The lowest BCUT2D eigenvalue weighted by Crippen LogP contribution is -2.30. The van der Waals surface area contributed by atoms with E-state index < -0.39 is 39.9 Å². The van der Waals surface area contributed by atoms with Crippen molar-refractivity contribution < 1.29 is 22.7 Å². The molecule has 0 aliphatic carbocycles. The van der Waals surface area contributed by atoms with E-state index in [4.69, 9.17) is 0 Å². The van der Waals surface area contributed by atoms with Gasteiger partial charge in [0, 0.05) is 12.7 Å². The Morgan fingerprint density at radius 1 is 1.31 bits per heavy atom. The van der Waals surface area contributed by atoms with E-state index >= 15 is 0 Å². The first kappa shape index (κ1) is 17.9. The quantitative estimate of drug-likeness (QED) is 0.738. The van der Waals surface area contributed by atoms with Crippen LogP contribution in [-0.4, -0.2) is 31.0 Å². The predicted molar refractivity (Wildman–Crippen MR) is 93.5 cm³/mol. The smallest absolute Gasteiger partial charge is 0.326 e. The maximum absolute atomic E-state index is 14.4. The van der Waals surface area contributed by atoms with Gasteiger partial charge in [-0.05, 0) is 48.7 Å². The molecule has 1 saturated heterocycles. The Bertz CT molecular complexity index is 971. The minimum absolute atomic E-state index is 0.171. The van der Waals surface area contributed by atoms with E-state index in [9.17, 15) is 22.7 Å². The Balaban J connectivity index is 1.83. The molecule has 0 saturated carbocycles. The van der Waals surface area contributed by atoms with Crippen molar-refractivity contribution in [1.29, 1.82) is 0 Å². The normalized spacial score (nSPS) is 15.8. The first-order valence-corrected chi connectivity index (χ1v) is 9.13. The summed E-state index contributed by atoms with van der Waals surface area (Å²) in [4.78, 5) is 15.5. The molecule has 3 rings (SSSR count). The highest BCUT2D eigenvalue weighted by atomic mass is 32.2. The van der Waals surface area contributed by atoms with Gasteiger partial charge in [0.25, 0.3) is 5.91 Å². The van der Waals surface area contributed by atoms with Crippen LogP contribution in [0.15, 0.2) is 24.4 Å². The maximum Gasteiger partial charge on any atom is 0.326 e. The number of rotatable bonds is 4. The fourth-order valence-electron chi connectivity index (χ4n) is 2.55. The van der Waals surface area contributed by atoms with Gasteiger partial charge in [-0.15, -0.1) is 0 Å². The molecule has 0 bridgehead atoms. The van der Waals surface area contributed by atoms with Crippen LogP contribution in [0.25, 0.3) is 0 Å². The zero-order chi connectivity index (χ0) is 19.1. The standard InChI is InChI=1S/C16H17FN4O4S/c1-9-3-14(18-6-10(9)2)19-7-11-4-12(17)16(13(22)5-11)21-8-15(23)20-26(21,24)25/h3-6,22H,7-8H2,1-2H3,(H,18,19)(H,20,23). The summed E-state index contributed by atoms with van der Waals surface area (Å²) in [7, 11) is -4.20. The maximum atomic E-state index is 14.4. The Kier molecular flexibility index (Phi) is 4.45. The lowest BCUT2D eigenvalue weighted by molar-refractivity contribution is -0.117. The number of pyridine rings is 1. The van der Waals surface area contributed by atoms with Crippen LogP contribution in [-0.2, 0) is 21.5 Å². The van der Waals surface area contributed by atoms with Gasteiger partial charge in [0.15, 0.2) is 5.82 Å². The Hall–Kier alpha value is -2.88. The second-order valence-electron chi connectivity index (χ2n) is 5.99. The second-order valence-corrected chi connectivity index (χ2v) is 7.58. The van der Waals surface area contributed by atoms with E-state index in [2.05, 4.69) is 10.3 Å². The molecule has 2 heterocycles. The fraction of sp³-hybridized carbons (Fsp3) is 0.250. The number of benzene rings is 1. The zero-order valence-corrected chi connectivity index (χ0v) is 14.9. The van der Waals surface area contributed by atoms with Crippen molar-refractivity contribution in [3.8, 4) is 5.75 Å². The number of halogens is 1. The van der Waals surface area contributed by atoms with E-state index in [1.54, 1.807) is 10.9 Å². The van der Waals surface area contributed by atoms with Crippen LogP contribution in [0.4, 0.5) is 15.9 Å². The average molecular weight is 380 g/mol. The number of aryl methyl sites for hydroxylation is 2. The molecule has 1 aromatic carbocycles. The molecule has 1 amide bonds. The van der Waals surface area contributed by atoms with Crippen molar-refractivity contribution in [3.63, 3.8) is 0 Å². The van der Waals surface area contributed by atoms with Gasteiger partial charge in [0.1, 0.15) is 23.8 Å². The lowest BCUT2D eigenvalue weighted by atomic mass is 10.1. The molecule has 2 aromatic rings. The number of carbonyl (C=O) groups is 1. The van der Waals surface area contributed by atoms with Gasteiger partial charge >= 0.3 is 10.2 Å². The molecule has 1 aliphatic heterocycles. The number of nitrogens with one attached hydrogen (secondary N) is 2. The summed E-state index contributed by atoms with van der Waals surface area (Å²) in [6.45, 7) is 3.46. The molecule has 26 heavy (non-hydrogen) atoms. The molecule has 0 spiro atoms. The van der Waals surface area contributed by atoms with Crippen molar-refractivity contribution >= 4 is 27.6 Å². The van der Waals surface area contributed by atoms with Crippen LogP contribution >= 0.6 is 0 Å². The summed E-state index contributed by atoms with van der Waals surface area (Å²) in [6.07, 6.45) is 1.71. The van der Waals surface area contributed by atoms with E-state index in [0.717, 1.165) is 17.2 Å². The van der Waals surface area contributed by atoms with Crippen LogP contribution in [0.3, 0.4) is 0 Å². The molecule has 3 N–H and O–H groups in total. The molecule has 8 nitrogen and oxygen atoms in total. The molecule has 1 aliphatic rings. The molecule has 1 aromatic heterocycles. The fourth-order valence-corrected chi connectivity index (χ4v) is 3.72. The van der Waals surface area contributed by atoms with Crippen LogP contribution in [0.1, 0.15) is 16.7 Å². The molecular weight excluding hydrogens is 363 g/mol. The number of carbonyl (C=O) groups excluding carboxylic acids is 1. The highest BCUT2D eigenvalue weighted by Crippen LogP contribution is 2.34. The summed E-state index contributed by atoms with van der Waals surface area (Å²) >= 11 is 0. The molecule has 10 heteroatoms. The Morgan fingerprint density at radius 2 is 2.04 bits per heavy atom. The van der Waals surface area contributed by atoms with E-state index in [1.807, 2.05) is 19.9 Å². The molecule has 0 unspecified atom stereocenters. The van der Waals surface area contributed by atoms with E-state index in [0.29, 0.717) is 15.7 Å². The van der Waals surface area contributed by atoms with Gasteiger partial charge in [0.05, 0.1) is 0 Å². The third-order valence-electron chi connectivity index (χ3n) is 4.02. The monoisotopic (exact) mass is 380 g/mol. The molecule has 0 atom stereocenters. The van der Waals surface area contributed by atoms with Crippen LogP contribution < -0.4 is 14.3 Å². The number of amides is 1. The second kappa shape index (κ2) is 6.45. The number of hydrogen-bond donors (Lipinski definition) is 3. The van der Waals surface area contributed by atoms with Crippen LogP contribution in [0.2, 0.25) is 0 Å². The lowest BCUT2D eigenvalue weighted by Gasteiger charge is -2.18. The first-order chi connectivity index (χ1) is 12.2. The number of aromatic nitrogens is 1. The number of phenolic OH excluding ortho intramolecular Hbond substituents is 1. The molecule has 0 radical (unpaired) electrons. The number of anilines is 2. The molecular formula is C16H17FN4O4S. The van der Waals surface area contributed by atoms with Crippen molar-refractivity contribution in [2.24, 2.45) is 0 Å².